The Labute approximate surface area is 128 Å². The lowest BCUT2D eigenvalue weighted by Crippen LogP contribution is -2.41. The van der Waals surface area contributed by atoms with Crippen LogP contribution < -0.4 is 14.8 Å². The molecule has 0 unspecified atom stereocenters. The minimum Gasteiger partial charge on any atom is -0.493 e. The molecule has 0 aromatic heterocycles. The standard InChI is InChI=1S/C15H20F2N2O3/c1-10-14(20)18-6-3-7-19(10)9-11-4-5-12(22-15(16)17)13(8-11)21-2/h4-5,8,10,15H,3,6-7,9H2,1-2H3,(H,18,20)/t10-/m0/s1. The van der Waals surface area contributed by atoms with Crippen molar-refractivity contribution in [2.24, 2.45) is 0 Å². The molecule has 1 aliphatic heterocycles. The highest BCUT2D eigenvalue weighted by molar-refractivity contribution is 5.81. The fourth-order valence-corrected chi connectivity index (χ4v) is 2.46. The molecular weight excluding hydrogens is 294 g/mol. The maximum atomic E-state index is 12.3. The van der Waals surface area contributed by atoms with Crippen molar-refractivity contribution < 1.29 is 23.0 Å². The number of halogens is 2. The number of nitrogens with zero attached hydrogens (tertiary/aromatic N) is 1. The van der Waals surface area contributed by atoms with E-state index >= 15 is 0 Å². The van der Waals surface area contributed by atoms with Gasteiger partial charge in [-0.25, -0.2) is 0 Å². The number of benzene rings is 1. The summed E-state index contributed by atoms with van der Waals surface area (Å²) in [6.07, 6.45) is 0.875. The van der Waals surface area contributed by atoms with E-state index < -0.39 is 6.61 Å². The predicted molar refractivity (Wildman–Crippen MR) is 77.1 cm³/mol. The zero-order valence-electron chi connectivity index (χ0n) is 12.6. The third-order valence-electron chi connectivity index (χ3n) is 3.68. The van der Waals surface area contributed by atoms with Gasteiger partial charge in [0.2, 0.25) is 5.91 Å². The highest BCUT2D eigenvalue weighted by atomic mass is 19.3. The Morgan fingerprint density at radius 1 is 1.41 bits per heavy atom. The molecule has 0 aliphatic carbocycles. The van der Waals surface area contributed by atoms with E-state index in [1.165, 1.54) is 13.2 Å². The molecule has 5 nitrogen and oxygen atoms in total. The number of ether oxygens (including phenoxy) is 2. The molecule has 1 saturated heterocycles. The van der Waals surface area contributed by atoms with Crippen LogP contribution in [0.2, 0.25) is 0 Å². The van der Waals surface area contributed by atoms with Crippen molar-refractivity contribution in [3.63, 3.8) is 0 Å². The average Bonchev–Trinajstić information content (AvgIpc) is 2.64. The molecule has 7 heteroatoms. The second-order valence-electron chi connectivity index (χ2n) is 5.15. The number of alkyl halides is 2. The summed E-state index contributed by atoms with van der Waals surface area (Å²) in [5.41, 5.74) is 0.875. The smallest absolute Gasteiger partial charge is 0.387 e. The molecule has 0 bridgehead atoms. The molecular formula is C15H20F2N2O3. The first-order valence-electron chi connectivity index (χ1n) is 7.14. The summed E-state index contributed by atoms with van der Waals surface area (Å²) < 4.78 is 34.1. The van der Waals surface area contributed by atoms with Gasteiger partial charge in [0, 0.05) is 19.6 Å². The summed E-state index contributed by atoms with van der Waals surface area (Å²) >= 11 is 0. The molecule has 1 atom stereocenters. The molecule has 1 N–H and O–H groups in total. The number of carbonyl (C=O) groups is 1. The number of carbonyl (C=O) groups excluding carboxylic acids is 1. The van der Waals surface area contributed by atoms with Crippen LogP contribution in [0.15, 0.2) is 18.2 Å². The van der Waals surface area contributed by atoms with E-state index in [2.05, 4.69) is 10.1 Å². The zero-order valence-corrected chi connectivity index (χ0v) is 12.6. The maximum Gasteiger partial charge on any atom is 0.387 e. The Balaban J connectivity index is 2.13. The number of hydrogen-bond donors (Lipinski definition) is 1. The molecule has 1 heterocycles. The number of methoxy groups -OCH3 is 1. The largest absolute Gasteiger partial charge is 0.493 e. The molecule has 1 aliphatic rings. The fourth-order valence-electron chi connectivity index (χ4n) is 2.46. The number of nitrogens with one attached hydrogen (secondary N) is 1. The Hall–Kier alpha value is -1.89. The topological polar surface area (TPSA) is 50.8 Å². The predicted octanol–water partition coefficient (Wildman–Crippen LogP) is 2.01. The van der Waals surface area contributed by atoms with Gasteiger partial charge >= 0.3 is 6.61 Å². The van der Waals surface area contributed by atoms with E-state index in [4.69, 9.17) is 4.74 Å². The SMILES string of the molecule is COc1cc(CN2CCCNC(=O)[C@@H]2C)ccc1OC(F)F. The minimum atomic E-state index is -2.89. The number of amides is 1. The summed E-state index contributed by atoms with van der Waals surface area (Å²) in [4.78, 5) is 13.9. The van der Waals surface area contributed by atoms with Gasteiger partial charge in [-0.3, -0.25) is 9.69 Å². The Morgan fingerprint density at radius 2 is 2.18 bits per heavy atom. The fraction of sp³-hybridized carbons (Fsp3) is 0.533. The van der Waals surface area contributed by atoms with Gasteiger partial charge in [-0.1, -0.05) is 6.07 Å². The molecule has 2 rings (SSSR count). The summed E-state index contributed by atoms with van der Waals surface area (Å²) in [5.74, 6) is 0.259. The Bertz CT molecular complexity index is 526. The lowest BCUT2D eigenvalue weighted by atomic mass is 10.1. The first kappa shape index (κ1) is 16.5. The van der Waals surface area contributed by atoms with Crippen molar-refractivity contribution >= 4 is 5.91 Å². The normalized spacial score (nSPS) is 19.7. The number of rotatable bonds is 5. The lowest BCUT2D eigenvalue weighted by molar-refractivity contribution is -0.125. The Morgan fingerprint density at radius 3 is 2.86 bits per heavy atom. The molecule has 22 heavy (non-hydrogen) atoms. The molecule has 0 radical (unpaired) electrons. The van der Waals surface area contributed by atoms with Gasteiger partial charge in [-0.15, -0.1) is 0 Å². The molecule has 1 fully saturated rings. The van der Waals surface area contributed by atoms with Crippen LogP contribution in [0.5, 0.6) is 11.5 Å². The van der Waals surface area contributed by atoms with Crippen LogP contribution in [0.3, 0.4) is 0 Å². The molecule has 1 aromatic rings. The van der Waals surface area contributed by atoms with Crippen LogP contribution in [0.25, 0.3) is 0 Å². The summed E-state index contributed by atoms with van der Waals surface area (Å²) in [7, 11) is 1.40. The van der Waals surface area contributed by atoms with Crippen molar-refractivity contribution in [2.45, 2.75) is 32.5 Å². The molecule has 1 aromatic carbocycles. The maximum absolute atomic E-state index is 12.3. The average molecular weight is 314 g/mol. The summed E-state index contributed by atoms with van der Waals surface area (Å²) in [6.45, 7) is 0.961. The monoisotopic (exact) mass is 314 g/mol. The van der Waals surface area contributed by atoms with Crippen molar-refractivity contribution in [3.8, 4) is 11.5 Å². The zero-order chi connectivity index (χ0) is 16.1. The van der Waals surface area contributed by atoms with Crippen LogP contribution in [-0.2, 0) is 11.3 Å². The van der Waals surface area contributed by atoms with Crippen LogP contribution in [0.4, 0.5) is 8.78 Å². The summed E-state index contributed by atoms with van der Waals surface area (Å²) in [5, 5.41) is 2.85. The van der Waals surface area contributed by atoms with Crippen molar-refractivity contribution in [3.05, 3.63) is 23.8 Å². The van der Waals surface area contributed by atoms with E-state index in [-0.39, 0.29) is 23.4 Å². The van der Waals surface area contributed by atoms with E-state index in [0.29, 0.717) is 13.1 Å². The molecule has 0 saturated carbocycles. The van der Waals surface area contributed by atoms with Gasteiger partial charge in [0.25, 0.3) is 0 Å². The lowest BCUT2D eigenvalue weighted by Gasteiger charge is -2.25. The van der Waals surface area contributed by atoms with Crippen LogP contribution in [0.1, 0.15) is 18.9 Å². The van der Waals surface area contributed by atoms with Gasteiger partial charge in [0.15, 0.2) is 11.5 Å². The first-order valence-corrected chi connectivity index (χ1v) is 7.14. The van der Waals surface area contributed by atoms with Crippen LogP contribution in [-0.4, -0.2) is 43.7 Å². The summed E-state index contributed by atoms with van der Waals surface area (Å²) in [6, 6.07) is 4.59. The second-order valence-corrected chi connectivity index (χ2v) is 5.15. The highest BCUT2D eigenvalue weighted by Crippen LogP contribution is 2.30. The van der Waals surface area contributed by atoms with E-state index in [0.717, 1.165) is 18.5 Å². The van der Waals surface area contributed by atoms with Gasteiger partial charge in [-0.05, 0) is 31.0 Å². The van der Waals surface area contributed by atoms with Crippen molar-refractivity contribution in [1.82, 2.24) is 10.2 Å². The van der Waals surface area contributed by atoms with Crippen LogP contribution >= 0.6 is 0 Å². The van der Waals surface area contributed by atoms with Crippen molar-refractivity contribution in [2.75, 3.05) is 20.2 Å². The van der Waals surface area contributed by atoms with Gasteiger partial charge < -0.3 is 14.8 Å². The van der Waals surface area contributed by atoms with Gasteiger partial charge in [-0.2, -0.15) is 8.78 Å². The van der Waals surface area contributed by atoms with E-state index in [1.807, 2.05) is 11.8 Å². The minimum absolute atomic E-state index is 0.00196. The first-order chi connectivity index (χ1) is 10.5. The third-order valence-corrected chi connectivity index (χ3v) is 3.68. The molecule has 1 amide bonds. The highest BCUT2D eigenvalue weighted by Gasteiger charge is 2.24. The van der Waals surface area contributed by atoms with Crippen LogP contribution in [0, 0.1) is 0 Å². The second kappa shape index (κ2) is 7.40. The Kier molecular flexibility index (Phi) is 5.54. The van der Waals surface area contributed by atoms with E-state index in [9.17, 15) is 13.6 Å². The third kappa shape index (κ3) is 4.07. The molecule has 0 spiro atoms. The molecule has 122 valence electrons. The van der Waals surface area contributed by atoms with Gasteiger partial charge in [0.1, 0.15) is 0 Å². The number of hydrogen-bond acceptors (Lipinski definition) is 4. The van der Waals surface area contributed by atoms with Gasteiger partial charge in [0.05, 0.1) is 13.2 Å². The van der Waals surface area contributed by atoms with Crippen molar-refractivity contribution in [1.29, 1.82) is 0 Å². The van der Waals surface area contributed by atoms with E-state index in [1.54, 1.807) is 12.1 Å². The quantitative estimate of drug-likeness (QED) is 0.903.